The van der Waals surface area contributed by atoms with Gasteiger partial charge in [0.15, 0.2) is 0 Å². The first-order chi connectivity index (χ1) is 11.4. The summed E-state index contributed by atoms with van der Waals surface area (Å²) < 4.78 is 0. The third-order valence-electron chi connectivity index (χ3n) is 5.54. The molecule has 4 nitrogen and oxygen atoms in total. The second-order valence-corrected chi connectivity index (χ2v) is 6.85. The van der Waals surface area contributed by atoms with Gasteiger partial charge >= 0.3 is 0 Å². The number of benzene rings is 2. The Hall–Kier alpha value is -2.36. The minimum atomic E-state index is -0.511. The number of aromatic hydroxyl groups is 4. The van der Waals surface area contributed by atoms with E-state index in [2.05, 4.69) is 0 Å². The summed E-state index contributed by atoms with van der Waals surface area (Å²) in [5.41, 5.74) is 1.86. The summed E-state index contributed by atoms with van der Waals surface area (Å²) in [6.45, 7) is 3.37. The predicted octanol–water partition coefficient (Wildman–Crippen LogP) is 4.38. The molecule has 128 valence electrons. The standard InChI is InChI=1S/C20H24O4/c1-12-16(21)8-6-14(18(12)23)20(10-4-3-5-11-20)15-7-9-17(22)13(2)19(15)24/h6-9,21-24H,3-5,10-11H2,1-2H3. The van der Waals surface area contributed by atoms with Gasteiger partial charge in [-0.05, 0) is 38.8 Å². The Bertz CT molecular complexity index is 714. The fourth-order valence-corrected chi connectivity index (χ4v) is 3.99. The molecule has 0 aliphatic heterocycles. The number of phenols is 4. The molecule has 0 spiro atoms. The van der Waals surface area contributed by atoms with Crippen molar-refractivity contribution in [2.75, 3.05) is 0 Å². The Morgan fingerprint density at radius 2 is 1.08 bits per heavy atom. The van der Waals surface area contributed by atoms with Crippen molar-refractivity contribution in [1.82, 2.24) is 0 Å². The zero-order valence-electron chi connectivity index (χ0n) is 14.1. The van der Waals surface area contributed by atoms with E-state index in [1.165, 1.54) is 0 Å². The van der Waals surface area contributed by atoms with E-state index in [0.29, 0.717) is 11.1 Å². The Kier molecular flexibility index (Phi) is 4.08. The van der Waals surface area contributed by atoms with Gasteiger partial charge in [0, 0.05) is 27.7 Å². The molecular weight excluding hydrogens is 304 g/mol. The van der Waals surface area contributed by atoms with Crippen LogP contribution in [-0.4, -0.2) is 20.4 Å². The topological polar surface area (TPSA) is 80.9 Å². The molecule has 24 heavy (non-hydrogen) atoms. The summed E-state index contributed by atoms with van der Waals surface area (Å²) in [5.74, 6) is 0.297. The van der Waals surface area contributed by atoms with Crippen LogP contribution in [-0.2, 0) is 5.41 Å². The lowest BCUT2D eigenvalue weighted by molar-refractivity contribution is 0.318. The molecule has 2 aromatic rings. The molecule has 1 aliphatic rings. The molecule has 0 unspecified atom stereocenters. The minimum absolute atomic E-state index is 0.0633. The van der Waals surface area contributed by atoms with E-state index in [1.54, 1.807) is 38.1 Å². The van der Waals surface area contributed by atoms with E-state index >= 15 is 0 Å². The van der Waals surface area contributed by atoms with Crippen molar-refractivity contribution in [3.63, 3.8) is 0 Å². The van der Waals surface area contributed by atoms with Crippen LogP contribution in [0.1, 0.15) is 54.4 Å². The van der Waals surface area contributed by atoms with Crippen LogP contribution in [0.4, 0.5) is 0 Å². The molecule has 2 aromatic carbocycles. The molecule has 4 N–H and O–H groups in total. The normalized spacial score (nSPS) is 16.9. The highest BCUT2D eigenvalue weighted by Gasteiger charge is 2.40. The summed E-state index contributed by atoms with van der Waals surface area (Å²) >= 11 is 0. The summed E-state index contributed by atoms with van der Waals surface area (Å²) in [5, 5.41) is 41.1. The average molecular weight is 328 g/mol. The summed E-state index contributed by atoms with van der Waals surface area (Å²) in [4.78, 5) is 0. The van der Waals surface area contributed by atoms with Crippen LogP contribution in [0, 0.1) is 13.8 Å². The second-order valence-electron chi connectivity index (χ2n) is 6.85. The number of rotatable bonds is 2. The van der Waals surface area contributed by atoms with E-state index in [1.807, 2.05) is 0 Å². The van der Waals surface area contributed by atoms with Crippen molar-refractivity contribution in [2.24, 2.45) is 0 Å². The predicted molar refractivity (Wildman–Crippen MR) is 92.9 cm³/mol. The van der Waals surface area contributed by atoms with E-state index in [4.69, 9.17) is 0 Å². The third kappa shape index (κ3) is 2.37. The summed E-state index contributed by atoms with van der Waals surface area (Å²) in [7, 11) is 0. The first-order valence-electron chi connectivity index (χ1n) is 8.42. The Labute approximate surface area is 142 Å². The van der Waals surface area contributed by atoms with Gasteiger partial charge in [0.1, 0.15) is 23.0 Å². The smallest absolute Gasteiger partial charge is 0.126 e. The zero-order chi connectivity index (χ0) is 17.5. The van der Waals surface area contributed by atoms with Gasteiger partial charge in [-0.1, -0.05) is 31.4 Å². The van der Waals surface area contributed by atoms with Gasteiger partial charge in [-0.15, -0.1) is 0 Å². The summed E-state index contributed by atoms with van der Waals surface area (Å²) in [6.07, 6.45) is 4.74. The quantitative estimate of drug-likeness (QED) is 0.659. The van der Waals surface area contributed by atoms with Crippen LogP contribution in [0.5, 0.6) is 23.0 Å². The molecule has 3 rings (SSSR count). The molecule has 1 fully saturated rings. The first-order valence-corrected chi connectivity index (χ1v) is 8.42. The molecule has 0 saturated heterocycles. The maximum atomic E-state index is 10.7. The number of hydrogen-bond donors (Lipinski definition) is 4. The fraction of sp³-hybridized carbons (Fsp3) is 0.400. The van der Waals surface area contributed by atoms with E-state index < -0.39 is 5.41 Å². The average Bonchev–Trinajstić information content (AvgIpc) is 2.58. The lowest BCUT2D eigenvalue weighted by Gasteiger charge is -2.39. The fourth-order valence-electron chi connectivity index (χ4n) is 3.99. The second kappa shape index (κ2) is 5.93. The van der Waals surface area contributed by atoms with Gasteiger partial charge in [0.05, 0.1) is 0 Å². The van der Waals surface area contributed by atoms with E-state index in [9.17, 15) is 20.4 Å². The Balaban J connectivity index is 2.28. The van der Waals surface area contributed by atoms with Crippen LogP contribution in [0.2, 0.25) is 0 Å². The van der Waals surface area contributed by atoms with Gasteiger partial charge in [-0.2, -0.15) is 0 Å². The van der Waals surface area contributed by atoms with Crippen molar-refractivity contribution in [2.45, 2.75) is 51.4 Å². The van der Waals surface area contributed by atoms with Crippen molar-refractivity contribution in [3.05, 3.63) is 46.5 Å². The van der Waals surface area contributed by atoms with Crippen molar-refractivity contribution in [3.8, 4) is 23.0 Å². The first kappa shape index (κ1) is 16.5. The zero-order valence-corrected chi connectivity index (χ0v) is 14.1. The molecule has 0 atom stereocenters. The number of phenolic OH excluding ortho intramolecular Hbond substituents is 4. The third-order valence-corrected chi connectivity index (χ3v) is 5.54. The molecule has 0 bridgehead atoms. The molecule has 0 radical (unpaired) electrons. The van der Waals surface area contributed by atoms with Crippen LogP contribution >= 0.6 is 0 Å². The molecule has 0 heterocycles. The van der Waals surface area contributed by atoms with Gasteiger partial charge in [-0.25, -0.2) is 0 Å². The van der Waals surface area contributed by atoms with Gasteiger partial charge in [0.25, 0.3) is 0 Å². The monoisotopic (exact) mass is 328 g/mol. The lowest BCUT2D eigenvalue weighted by atomic mass is 9.64. The Morgan fingerprint density at radius 3 is 1.50 bits per heavy atom. The molecule has 1 aliphatic carbocycles. The van der Waals surface area contributed by atoms with Crippen LogP contribution in [0.25, 0.3) is 0 Å². The van der Waals surface area contributed by atoms with Gasteiger partial charge in [-0.3, -0.25) is 0 Å². The molecule has 1 saturated carbocycles. The van der Waals surface area contributed by atoms with E-state index in [0.717, 1.165) is 43.2 Å². The van der Waals surface area contributed by atoms with Crippen molar-refractivity contribution < 1.29 is 20.4 Å². The highest BCUT2D eigenvalue weighted by atomic mass is 16.3. The molecular formula is C20H24O4. The summed E-state index contributed by atoms with van der Waals surface area (Å²) in [6, 6.07) is 6.71. The SMILES string of the molecule is Cc1c(O)ccc(C2(c3ccc(O)c(C)c3O)CCCCC2)c1O. The molecule has 0 amide bonds. The highest BCUT2D eigenvalue weighted by molar-refractivity contribution is 5.59. The largest absolute Gasteiger partial charge is 0.508 e. The van der Waals surface area contributed by atoms with Crippen LogP contribution in [0.15, 0.2) is 24.3 Å². The van der Waals surface area contributed by atoms with Crippen LogP contribution in [0.3, 0.4) is 0 Å². The maximum absolute atomic E-state index is 10.7. The lowest BCUT2D eigenvalue weighted by Crippen LogP contribution is -2.31. The van der Waals surface area contributed by atoms with Gasteiger partial charge < -0.3 is 20.4 Å². The maximum Gasteiger partial charge on any atom is 0.126 e. The van der Waals surface area contributed by atoms with Crippen LogP contribution < -0.4 is 0 Å². The van der Waals surface area contributed by atoms with Gasteiger partial charge in [0.2, 0.25) is 0 Å². The minimum Gasteiger partial charge on any atom is -0.508 e. The highest BCUT2D eigenvalue weighted by Crippen LogP contribution is 2.52. The van der Waals surface area contributed by atoms with Crippen molar-refractivity contribution >= 4 is 0 Å². The number of hydrogen-bond acceptors (Lipinski definition) is 4. The molecule has 4 heteroatoms. The van der Waals surface area contributed by atoms with Crippen molar-refractivity contribution in [1.29, 1.82) is 0 Å². The Morgan fingerprint density at radius 1 is 0.667 bits per heavy atom. The molecule has 0 aromatic heterocycles. The van der Waals surface area contributed by atoms with E-state index in [-0.39, 0.29) is 23.0 Å².